The van der Waals surface area contributed by atoms with Crippen LogP contribution in [0, 0.1) is 0 Å². The number of rotatable bonds is 2. The molecule has 0 unspecified atom stereocenters. The third kappa shape index (κ3) is 2.05. The first-order valence-corrected chi connectivity index (χ1v) is 6.13. The van der Waals surface area contributed by atoms with Crippen molar-refractivity contribution in [2.75, 3.05) is 6.26 Å². The molecule has 0 aliphatic rings. The monoisotopic (exact) mass is 216 g/mol. The van der Waals surface area contributed by atoms with Crippen molar-refractivity contribution in [1.82, 2.24) is 0 Å². The van der Waals surface area contributed by atoms with Gasteiger partial charge in [0.05, 0.1) is 5.56 Å². The fourth-order valence-corrected chi connectivity index (χ4v) is 2.27. The topological polar surface area (TPSA) is 3.88 Å². The standard InChI is InChI=1S/C13H14NS/c1-14-10-6-5-8-12(14)11-7-3-4-9-13(11)15-2/h3-10H,1-2H3/q+1. The molecule has 0 saturated heterocycles. The molecule has 0 N–H and O–H groups in total. The highest BCUT2D eigenvalue weighted by Crippen LogP contribution is 2.27. The van der Waals surface area contributed by atoms with E-state index in [1.54, 1.807) is 11.8 Å². The van der Waals surface area contributed by atoms with E-state index in [2.05, 4.69) is 60.5 Å². The Balaban J connectivity index is 2.59. The van der Waals surface area contributed by atoms with Crippen LogP contribution in [0.25, 0.3) is 11.3 Å². The number of hydrogen-bond donors (Lipinski definition) is 0. The Kier molecular flexibility index (Phi) is 3.07. The molecule has 1 aromatic heterocycles. The zero-order valence-electron chi connectivity index (χ0n) is 8.97. The summed E-state index contributed by atoms with van der Waals surface area (Å²) >= 11 is 1.79. The molecule has 0 fully saturated rings. The number of aromatic nitrogens is 1. The van der Waals surface area contributed by atoms with E-state index in [-0.39, 0.29) is 0 Å². The minimum atomic E-state index is 1.25. The van der Waals surface area contributed by atoms with Gasteiger partial charge in [-0.2, -0.15) is 0 Å². The Hall–Kier alpha value is -1.28. The SMILES string of the molecule is CSc1ccccc1-c1cccc[n+]1C. The van der Waals surface area contributed by atoms with E-state index < -0.39 is 0 Å². The Labute approximate surface area is 94.8 Å². The molecule has 0 aliphatic carbocycles. The lowest BCUT2D eigenvalue weighted by molar-refractivity contribution is -0.660. The van der Waals surface area contributed by atoms with Crippen LogP contribution in [0.15, 0.2) is 53.6 Å². The molecule has 0 aliphatic heterocycles. The van der Waals surface area contributed by atoms with Gasteiger partial charge in [-0.1, -0.05) is 12.1 Å². The molecule has 1 nitrogen and oxygen atoms in total. The zero-order valence-corrected chi connectivity index (χ0v) is 9.79. The number of benzene rings is 1. The van der Waals surface area contributed by atoms with Crippen molar-refractivity contribution in [1.29, 1.82) is 0 Å². The van der Waals surface area contributed by atoms with E-state index in [9.17, 15) is 0 Å². The third-order valence-corrected chi connectivity index (χ3v) is 3.23. The third-order valence-electron chi connectivity index (χ3n) is 2.44. The molecule has 0 amide bonds. The van der Waals surface area contributed by atoms with E-state index in [1.165, 1.54) is 16.2 Å². The molecular formula is C13H14NS+. The van der Waals surface area contributed by atoms with Crippen molar-refractivity contribution in [2.45, 2.75) is 4.90 Å². The normalized spacial score (nSPS) is 10.3. The minimum Gasteiger partial charge on any atom is -0.201 e. The summed E-state index contributed by atoms with van der Waals surface area (Å²) in [7, 11) is 2.08. The second-order valence-electron chi connectivity index (χ2n) is 3.40. The Morgan fingerprint density at radius 1 is 1.00 bits per heavy atom. The first-order valence-electron chi connectivity index (χ1n) is 4.91. The van der Waals surface area contributed by atoms with Gasteiger partial charge in [0.2, 0.25) is 5.69 Å². The Morgan fingerprint density at radius 3 is 2.47 bits per heavy atom. The molecule has 0 atom stereocenters. The second kappa shape index (κ2) is 4.49. The fraction of sp³-hybridized carbons (Fsp3) is 0.154. The lowest BCUT2D eigenvalue weighted by Gasteiger charge is -2.04. The van der Waals surface area contributed by atoms with Crippen LogP contribution in [0.4, 0.5) is 0 Å². The van der Waals surface area contributed by atoms with Gasteiger partial charge in [-0.25, -0.2) is 4.57 Å². The maximum Gasteiger partial charge on any atom is 0.213 e. The van der Waals surface area contributed by atoms with Gasteiger partial charge in [0, 0.05) is 17.0 Å². The summed E-state index contributed by atoms with van der Waals surface area (Å²) in [5.74, 6) is 0. The number of aryl methyl sites for hydroxylation is 1. The lowest BCUT2D eigenvalue weighted by atomic mass is 10.1. The van der Waals surface area contributed by atoms with Crippen LogP contribution in [0.3, 0.4) is 0 Å². The van der Waals surface area contributed by atoms with Gasteiger partial charge in [0.1, 0.15) is 7.05 Å². The van der Waals surface area contributed by atoms with Crippen LogP contribution in [0.1, 0.15) is 0 Å². The zero-order chi connectivity index (χ0) is 10.7. The average molecular weight is 216 g/mol. The molecule has 0 bridgehead atoms. The van der Waals surface area contributed by atoms with E-state index >= 15 is 0 Å². The van der Waals surface area contributed by atoms with E-state index in [4.69, 9.17) is 0 Å². The van der Waals surface area contributed by atoms with Crippen LogP contribution < -0.4 is 4.57 Å². The average Bonchev–Trinajstić information content (AvgIpc) is 2.30. The van der Waals surface area contributed by atoms with Crippen molar-refractivity contribution in [3.63, 3.8) is 0 Å². The summed E-state index contributed by atoms with van der Waals surface area (Å²) in [5, 5.41) is 0. The highest BCUT2D eigenvalue weighted by atomic mass is 32.2. The van der Waals surface area contributed by atoms with Crippen LogP contribution in [-0.4, -0.2) is 6.26 Å². The highest BCUT2D eigenvalue weighted by Gasteiger charge is 2.11. The number of nitrogens with zero attached hydrogens (tertiary/aromatic N) is 1. The van der Waals surface area contributed by atoms with Gasteiger partial charge in [0.15, 0.2) is 6.20 Å². The predicted octanol–water partition coefficient (Wildman–Crippen LogP) is 2.90. The molecule has 2 rings (SSSR count). The molecule has 1 heterocycles. The van der Waals surface area contributed by atoms with Crippen LogP contribution in [0.5, 0.6) is 0 Å². The first-order chi connectivity index (χ1) is 7.33. The minimum absolute atomic E-state index is 1.25. The molecule has 0 spiro atoms. The van der Waals surface area contributed by atoms with E-state index in [0.29, 0.717) is 0 Å². The van der Waals surface area contributed by atoms with Gasteiger partial charge >= 0.3 is 0 Å². The van der Waals surface area contributed by atoms with Gasteiger partial charge in [-0.3, -0.25) is 0 Å². The highest BCUT2D eigenvalue weighted by molar-refractivity contribution is 7.98. The second-order valence-corrected chi connectivity index (χ2v) is 4.25. The fourth-order valence-electron chi connectivity index (χ4n) is 1.66. The van der Waals surface area contributed by atoms with Gasteiger partial charge in [0.25, 0.3) is 0 Å². The number of hydrogen-bond acceptors (Lipinski definition) is 1. The Bertz CT molecular complexity index is 466. The molecule has 0 saturated carbocycles. The van der Waals surface area contributed by atoms with Crippen LogP contribution >= 0.6 is 11.8 Å². The van der Waals surface area contributed by atoms with E-state index in [0.717, 1.165) is 0 Å². The van der Waals surface area contributed by atoms with E-state index in [1.807, 2.05) is 6.07 Å². The summed E-state index contributed by atoms with van der Waals surface area (Å²) in [5.41, 5.74) is 2.55. The summed E-state index contributed by atoms with van der Waals surface area (Å²) in [6.07, 6.45) is 4.19. The van der Waals surface area contributed by atoms with Gasteiger partial charge < -0.3 is 0 Å². The molecule has 2 aromatic rings. The number of thioether (sulfide) groups is 1. The van der Waals surface area contributed by atoms with Crippen molar-refractivity contribution >= 4 is 11.8 Å². The van der Waals surface area contributed by atoms with Crippen LogP contribution in [0.2, 0.25) is 0 Å². The largest absolute Gasteiger partial charge is 0.213 e. The first kappa shape index (κ1) is 10.2. The summed E-state index contributed by atoms with van der Waals surface area (Å²) in [6, 6.07) is 14.8. The smallest absolute Gasteiger partial charge is 0.201 e. The maximum absolute atomic E-state index is 2.17. The molecule has 76 valence electrons. The molecule has 1 aromatic carbocycles. The summed E-state index contributed by atoms with van der Waals surface area (Å²) < 4.78 is 2.15. The van der Waals surface area contributed by atoms with Crippen molar-refractivity contribution < 1.29 is 4.57 Å². The molecule has 2 heteroatoms. The summed E-state index contributed by atoms with van der Waals surface area (Å²) in [6.45, 7) is 0. The van der Waals surface area contributed by atoms with Gasteiger partial charge in [-0.15, -0.1) is 11.8 Å². The molecular weight excluding hydrogens is 202 g/mol. The van der Waals surface area contributed by atoms with Crippen molar-refractivity contribution in [2.24, 2.45) is 7.05 Å². The maximum atomic E-state index is 2.17. The molecule has 0 radical (unpaired) electrons. The molecule has 15 heavy (non-hydrogen) atoms. The summed E-state index contributed by atoms with van der Waals surface area (Å²) in [4.78, 5) is 1.32. The number of pyridine rings is 1. The quantitative estimate of drug-likeness (QED) is 0.551. The lowest BCUT2D eigenvalue weighted by Crippen LogP contribution is -2.30. The predicted molar refractivity (Wildman–Crippen MR) is 64.8 cm³/mol. The Morgan fingerprint density at radius 2 is 1.73 bits per heavy atom. The van der Waals surface area contributed by atoms with Crippen molar-refractivity contribution in [3.05, 3.63) is 48.7 Å². The van der Waals surface area contributed by atoms with Crippen molar-refractivity contribution in [3.8, 4) is 11.3 Å². The van der Waals surface area contributed by atoms with Gasteiger partial charge in [-0.05, 0) is 24.5 Å². The van der Waals surface area contributed by atoms with Crippen LogP contribution in [-0.2, 0) is 7.05 Å².